The Labute approximate surface area is 188 Å². The monoisotopic (exact) mass is 428 g/mol. The van der Waals surface area contributed by atoms with E-state index in [-0.39, 0.29) is 23.8 Å². The van der Waals surface area contributed by atoms with Gasteiger partial charge in [-0.3, -0.25) is 9.59 Å². The first-order chi connectivity index (χ1) is 15.6. The Morgan fingerprint density at radius 3 is 2.16 bits per heavy atom. The van der Waals surface area contributed by atoms with Crippen molar-refractivity contribution in [2.24, 2.45) is 0 Å². The van der Waals surface area contributed by atoms with Gasteiger partial charge in [-0.1, -0.05) is 66.7 Å². The average molecular weight is 429 g/mol. The zero-order chi connectivity index (χ0) is 22.3. The van der Waals surface area contributed by atoms with E-state index in [1.807, 2.05) is 43.3 Å². The molecule has 0 aliphatic carbocycles. The third kappa shape index (κ3) is 5.24. The Hall–Kier alpha value is -3.44. The number of benzene rings is 3. The van der Waals surface area contributed by atoms with Gasteiger partial charge in [-0.05, 0) is 49.1 Å². The molecule has 0 spiro atoms. The molecule has 2 N–H and O–H groups in total. The maximum atomic E-state index is 13.1. The molecule has 1 aliphatic rings. The highest BCUT2D eigenvalue weighted by Crippen LogP contribution is 2.28. The van der Waals surface area contributed by atoms with Crippen LogP contribution in [0.5, 0.6) is 0 Å². The lowest BCUT2D eigenvalue weighted by molar-refractivity contribution is -0.124. The van der Waals surface area contributed by atoms with E-state index in [0.29, 0.717) is 17.9 Å². The largest absolute Gasteiger partial charge is 0.368 e. The Balaban J connectivity index is 1.49. The normalized spacial score (nSPS) is 16.5. The molecule has 4 rings (SSSR count). The summed E-state index contributed by atoms with van der Waals surface area (Å²) in [6, 6.07) is 27.2. The van der Waals surface area contributed by atoms with Gasteiger partial charge in [-0.15, -0.1) is 0 Å². The van der Waals surface area contributed by atoms with Crippen molar-refractivity contribution in [1.82, 2.24) is 5.32 Å². The maximum Gasteiger partial charge on any atom is 0.253 e. The number of nitrogens with one attached hydrogen (secondary N) is 2. The molecule has 2 amide bonds. The second kappa shape index (κ2) is 10.2. The lowest BCUT2D eigenvalue weighted by atomic mass is 9.85. The van der Waals surface area contributed by atoms with E-state index in [1.54, 1.807) is 24.3 Å². The molecular formula is C27H28N2O3. The van der Waals surface area contributed by atoms with Crippen LogP contribution in [0.15, 0.2) is 84.9 Å². The predicted octanol–water partition coefficient (Wildman–Crippen LogP) is 4.75. The molecule has 1 heterocycles. The van der Waals surface area contributed by atoms with Gasteiger partial charge in [-0.2, -0.15) is 0 Å². The maximum absolute atomic E-state index is 13.1. The third-order valence-corrected chi connectivity index (χ3v) is 5.79. The Bertz CT molecular complexity index is 1010. The minimum absolute atomic E-state index is 0.0174. The summed E-state index contributed by atoms with van der Waals surface area (Å²) in [5.41, 5.74) is 3.38. The van der Waals surface area contributed by atoms with Crippen LogP contribution in [-0.2, 0) is 9.53 Å². The van der Waals surface area contributed by atoms with Crippen LogP contribution in [0.2, 0.25) is 0 Å². The zero-order valence-electron chi connectivity index (χ0n) is 18.2. The molecule has 32 heavy (non-hydrogen) atoms. The van der Waals surface area contributed by atoms with Crippen molar-refractivity contribution in [2.45, 2.75) is 37.8 Å². The van der Waals surface area contributed by atoms with Crippen molar-refractivity contribution in [3.05, 3.63) is 102 Å². The number of carbonyl (C=O) groups is 2. The lowest BCUT2D eigenvalue weighted by Crippen LogP contribution is -2.37. The topological polar surface area (TPSA) is 67.4 Å². The average Bonchev–Trinajstić information content (AvgIpc) is 3.36. The van der Waals surface area contributed by atoms with Crippen LogP contribution in [0.25, 0.3) is 0 Å². The fourth-order valence-electron chi connectivity index (χ4n) is 4.21. The standard InChI is InChI=1S/C27H28N2O3/c1-19(25(20-10-4-2-5-11-20)21-12-6-3-7-13-21)28-26(30)22-14-8-15-23(18-22)29-27(31)24-16-9-17-32-24/h2-8,10-15,18-19,24-25H,9,16-17H2,1H3,(H,28,30)(H,29,31)/t19-,24-/m0/s1. The summed E-state index contributed by atoms with van der Waals surface area (Å²) < 4.78 is 5.44. The summed E-state index contributed by atoms with van der Waals surface area (Å²) in [6.07, 6.45) is 1.21. The van der Waals surface area contributed by atoms with E-state index in [2.05, 4.69) is 34.9 Å². The molecule has 2 atom stereocenters. The number of anilines is 1. The first kappa shape index (κ1) is 21.8. The van der Waals surface area contributed by atoms with Crippen LogP contribution < -0.4 is 10.6 Å². The summed E-state index contributed by atoms with van der Waals surface area (Å²) >= 11 is 0. The van der Waals surface area contributed by atoms with Crippen molar-refractivity contribution in [3.63, 3.8) is 0 Å². The summed E-state index contributed by atoms with van der Waals surface area (Å²) in [5, 5.41) is 6.02. The SMILES string of the molecule is C[C@H](NC(=O)c1cccc(NC(=O)[C@@H]2CCCO2)c1)C(c1ccccc1)c1ccccc1. The van der Waals surface area contributed by atoms with Gasteiger partial charge < -0.3 is 15.4 Å². The van der Waals surface area contributed by atoms with E-state index >= 15 is 0 Å². The Morgan fingerprint density at radius 1 is 0.906 bits per heavy atom. The van der Waals surface area contributed by atoms with E-state index < -0.39 is 6.10 Å². The van der Waals surface area contributed by atoms with E-state index in [0.717, 1.165) is 24.0 Å². The Morgan fingerprint density at radius 2 is 1.56 bits per heavy atom. The van der Waals surface area contributed by atoms with Crippen molar-refractivity contribution < 1.29 is 14.3 Å². The van der Waals surface area contributed by atoms with Crippen molar-refractivity contribution in [3.8, 4) is 0 Å². The first-order valence-corrected chi connectivity index (χ1v) is 11.0. The minimum atomic E-state index is -0.412. The third-order valence-electron chi connectivity index (χ3n) is 5.79. The molecule has 0 saturated carbocycles. The summed E-state index contributed by atoms with van der Waals surface area (Å²) in [6.45, 7) is 2.63. The summed E-state index contributed by atoms with van der Waals surface area (Å²) in [7, 11) is 0. The van der Waals surface area contributed by atoms with E-state index in [1.165, 1.54) is 0 Å². The van der Waals surface area contributed by atoms with Gasteiger partial charge >= 0.3 is 0 Å². The molecule has 5 nitrogen and oxygen atoms in total. The van der Waals surface area contributed by atoms with Gasteiger partial charge in [0.1, 0.15) is 6.10 Å². The number of hydrogen-bond donors (Lipinski definition) is 2. The van der Waals surface area contributed by atoms with Crippen molar-refractivity contribution in [1.29, 1.82) is 0 Å². The molecule has 0 aromatic heterocycles. The van der Waals surface area contributed by atoms with Gasteiger partial charge in [-0.25, -0.2) is 0 Å². The second-order valence-corrected chi connectivity index (χ2v) is 8.13. The van der Waals surface area contributed by atoms with Crippen LogP contribution in [-0.4, -0.2) is 30.6 Å². The van der Waals surface area contributed by atoms with Crippen LogP contribution in [0.1, 0.15) is 47.2 Å². The molecule has 1 fully saturated rings. The van der Waals surface area contributed by atoms with Gasteiger partial charge in [0.15, 0.2) is 0 Å². The minimum Gasteiger partial charge on any atom is -0.368 e. The molecule has 3 aromatic carbocycles. The predicted molar refractivity (Wildman–Crippen MR) is 126 cm³/mol. The fourth-order valence-corrected chi connectivity index (χ4v) is 4.21. The molecule has 0 unspecified atom stereocenters. The molecular weight excluding hydrogens is 400 g/mol. The zero-order valence-corrected chi connectivity index (χ0v) is 18.2. The molecule has 0 radical (unpaired) electrons. The molecule has 5 heteroatoms. The quantitative estimate of drug-likeness (QED) is 0.570. The fraction of sp³-hybridized carbons (Fsp3) is 0.259. The van der Waals surface area contributed by atoms with Crippen molar-refractivity contribution >= 4 is 17.5 Å². The van der Waals surface area contributed by atoms with Crippen LogP contribution in [0, 0.1) is 0 Å². The summed E-state index contributed by atoms with van der Waals surface area (Å²) in [5.74, 6) is -0.326. The molecule has 0 bridgehead atoms. The second-order valence-electron chi connectivity index (χ2n) is 8.13. The van der Waals surface area contributed by atoms with Crippen molar-refractivity contribution in [2.75, 3.05) is 11.9 Å². The number of rotatable bonds is 7. The smallest absolute Gasteiger partial charge is 0.253 e. The molecule has 1 aliphatic heterocycles. The van der Waals surface area contributed by atoms with Gasteiger partial charge in [0, 0.05) is 29.8 Å². The van der Waals surface area contributed by atoms with E-state index in [9.17, 15) is 9.59 Å². The van der Waals surface area contributed by atoms with Crippen LogP contribution in [0.3, 0.4) is 0 Å². The van der Waals surface area contributed by atoms with Gasteiger partial charge in [0.05, 0.1) is 0 Å². The van der Waals surface area contributed by atoms with Crippen LogP contribution in [0.4, 0.5) is 5.69 Å². The highest BCUT2D eigenvalue weighted by molar-refractivity contribution is 5.98. The van der Waals surface area contributed by atoms with Crippen LogP contribution >= 0.6 is 0 Å². The van der Waals surface area contributed by atoms with Gasteiger partial charge in [0.2, 0.25) is 0 Å². The number of amides is 2. The first-order valence-electron chi connectivity index (χ1n) is 11.0. The highest BCUT2D eigenvalue weighted by Gasteiger charge is 2.25. The number of ether oxygens (including phenoxy) is 1. The molecule has 3 aromatic rings. The van der Waals surface area contributed by atoms with E-state index in [4.69, 9.17) is 4.74 Å². The lowest BCUT2D eigenvalue weighted by Gasteiger charge is -2.26. The number of hydrogen-bond acceptors (Lipinski definition) is 3. The summed E-state index contributed by atoms with van der Waals surface area (Å²) in [4.78, 5) is 25.4. The number of carbonyl (C=O) groups excluding carboxylic acids is 2. The van der Waals surface area contributed by atoms with Gasteiger partial charge in [0.25, 0.3) is 11.8 Å². The highest BCUT2D eigenvalue weighted by atomic mass is 16.5. The molecule has 164 valence electrons. The molecule has 1 saturated heterocycles. The Kier molecular flexibility index (Phi) is 6.97.